The first kappa shape index (κ1) is 17.5. The van der Waals surface area contributed by atoms with Crippen molar-refractivity contribution < 1.29 is 24.6 Å². The predicted octanol–water partition coefficient (Wildman–Crippen LogP) is -0.197. The largest absolute Gasteiger partial charge is 0.480 e. The quantitative estimate of drug-likeness (QED) is 0.534. The van der Waals surface area contributed by atoms with Crippen molar-refractivity contribution in [1.82, 2.24) is 10.2 Å². The van der Waals surface area contributed by atoms with Crippen LogP contribution in [0.15, 0.2) is 0 Å². The summed E-state index contributed by atoms with van der Waals surface area (Å²) in [6.07, 6.45) is 0.333. The first-order valence-electron chi connectivity index (χ1n) is 5.96. The number of carboxylic acid groups (broad SMARTS) is 2. The van der Waals surface area contributed by atoms with Gasteiger partial charge in [0.15, 0.2) is 0 Å². The van der Waals surface area contributed by atoms with Crippen molar-refractivity contribution in [3.05, 3.63) is 0 Å². The van der Waals surface area contributed by atoms with Crippen LogP contribution in [0.1, 0.15) is 27.2 Å². The highest BCUT2D eigenvalue weighted by molar-refractivity contribution is 5.81. The zero-order valence-electron chi connectivity index (χ0n) is 11.8. The van der Waals surface area contributed by atoms with Crippen LogP contribution in [0, 0.1) is 0 Å². The number of nitrogens with one attached hydrogen (secondary N) is 1. The molecule has 1 unspecified atom stereocenters. The fraction of sp³-hybridized carbons (Fsp3) is 0.750. The zero-order valence-corrected chi connectivity index (χ0v) is 11.8. The Bertz CT molecular complexity index is 338. The summed E-state index contributed by atoms with van der Waals surface area (Å²) in [5.74, 6) is -2.27. The Balaban J connectivity index is 4.98. The lowest BCUT2D eigenvalue weighted by Gasteiger charge is -2.38. The summed E-state index contributed by atoms with van der Waals surface area (Å²) in [7, 11) is 1.64. The highest BCUT2D eigenvalue weighted by Crippen LogP contribution is 2.21. The second-order valence-corrected chi connectivity index (χ2v) is 5.11. The van der Waals surface area contributed by atoms with E-state index in [0.717, 1.165) is 0 Å². The van der Waals surface area contributed by atoms with Gasteiger partial charge in [0.2, 0.25) is 0 Å². The second-order valence-electron chi connectivity index (χ2n) is 5.11. The molecule has 3 N–H and O–H groups in total. The second kappa shape index (κ2) is 7.20. The van der Waals surface area contributed by atoms with E-state index in [0.29, 0.717) is 6.42 Å². The summed E-state index contributed by atoms with van der Waals surface area (Å²) in [6.45, 7) is 4.13. The molecule has 0 bridgehead atoms. The van der Waals surface area contributed by atoms with Crippen molar-refractivity contribution in [3.63, 3.8) is 0 Å². The van der Waals surface area contributed by atoms with Crippen LogP contribution in [0.5, 0.6) is 0 Å². The average molecular weight is 274 g/mol. The maximum atomic E-state index is 11.4. The maximum Gasteiger partial charge on any atom is 0.317 e. The van der Waals surface area contributed by atoms with Crippen LogP contribution in [0.2, 0.25) is 0 Å². The molecular weight excluding hydrogens is 252 g/mol. The first-order valence-corrected chi connectivity index (χ1v) is 5.96. The lowest BCUT2D eigenvalue weighted by Crippen LogP contribution is -2.53. The van der Waals surface area contributed by atoms with Crippen molar-refractivity contribution in [2.24, 2.45) is 0 Å². The van der Waals surface area contributed by atoms with E-state index in [-0.39, 0.29) is 18.9 Å². The normalized spacial score (nSPS) is 13.3. The Kier molecular flexibility index (Phi) is 6.64. The molecule has 0 spiro atoms. The molecule has 1 atom stereocenters. The third kappa shape index (κ3) is 6.30. The van der Waals surface area contributed by atoms with Gasteiger partial charge in [0.25, 0.3) is 0 Å². The van der Waals surface area contributed by atoms with E-state index in [9.17, 15) is 14.4 Å². The van der Waals surface area contributed by atoms with Gasteiger partial charge in [0, 0.05) is 5.54 Å². The minimum atomic E-state index is -1.10. The van der Waals surface area contributed by atoms with Gasteiger partial charge in [-0.2, -0.15) is 0 Å². The van der Waals surface area contributed by atoms with Gasteiger partial charge >= 0.3 is 11.9 Å². The molecule has 0 saturated heterocycles. The molecule has 0 aromatic rings. The van der Waals surface area contributed by atoms with E-state index < -0.39 is 23.5 Å². The van der Waals surface area contributed by atoms with Crippen LogP contribution in [-0.4, -0.2) is 64.6 Å². The number of carbonyl (C=O) groups excluding carboxylic acids is 1. The van der Waals surface area contributed by atoms with E-state index in [1.807, 2.05) is 0 Å². The van der Waals surface area contributed by atoms with Gasteiger partial charge in [-0.3, -0.25) is 19.3 Å². The van der Waals surface area contributed by atoms with Crippen LogP contribution in [0.3, 0.4) is 0 Å². The number of rotatable bonds is 9. The number of carboxylic acids is 2. The Morgan fingerprint density at radius 2 is 1.58 bits per heavy atom. The summed E-state index contributed by atoms with van der Waals surface area (Å²) in [6, 6.07) is -0.430. The van der Waals surface area contributed by atoms with Crippen molar-refractivity contribution >= 4 is 17.7 Å². The van der Waals surface area contributed by atoms with Gasteiger partial charge in [-0.25, -0.2) is 0 Å². The smallest absolute Gasteiger partial charge is 0.317 e. The molecular formula is C12H22N2O5. The molecule has 0 aromatic heterocycles. The van der Waals surface area contributed by atoms with E-state index in [1.54, 1.807) is 20.9 Å². The summed E-state index contributed by atoms with van der Waals surface area (Å²) in [4.78, 5) is 34.4. The third-order valence-corrected chi connectivity index (χ3v) is 3.05. The third-order valence-electron chi connectivity index (χ3n) is 3.05. The summed E-state index contributed by atoms with van der Waals surface area (Å²) in [5.41, 5.74) is -0.726. The molecule has 19 heavy (non-hydrogen) atoms. The zero-order chi connectivity index (χ0) is 15.2. The van der Waals surface area contributed by atoms with Crippen LogP contribution in [0.25, 0.3) is 0 Å². The molecule has 0 aliphatic carbocycles. The monoisotopic (exact) mass is 274 g/mol. The fourth-order valence-electron chi connectivity index (χ4n) is 1.89. The van der Waals surface area contributed by atoms with Crippen molar-refractivity contribution in [2.75, 3.05) is 20.1 Å². The highest BCUT2D eigenvalue weighted by atomic mass is 16.4. The molecule has 110 valence electrons. The molecule has 0 saturated carbocycles. The predicted molar refractivity (Wildman–Crippen MR) is 69.1 cm³/mol. The van der Waals surface area contributed by atoms with Crippen LogP contribution in [0.4, 0.5) is 0 Å². The first-order chi connectivity index (χ1) is 8.60. The topological polar surface area (TPSA) is 107 Å². The van der Waals surface area contributed by atoms with Crippen LogP contribution < -0.4 is 5.32 Å². The minimum Gasteiger partial charge on any atom is -0.480 e. The minimum absolute atomic E-state index is 0.0684. The Labute approximate surface area is 112 Å². The lowest BCUT2D eigenvalue weighted by molar-refractivity contribution is -0.144. The number of ketones is 1. The number of hydrogen-bond donors (Lipinski definition) is 3. The molecule has 0 aliphatic heterocycles. The number of nitrogens with zero attached hydrogens (tertiary/aromatic N) is 1. The highest BCUT2D eigenvalue weighted by Gasteiger charge is 2.33. The van der Waals surface area contributed by atoms with E-state index >= 15 is 0 Å². The number of hydrogen-bond acceptors (Lipinski definition) is 5. The van der Waals surface area contributed by atoms with Gasteiger partial charge in [-0.1, -0.05) is 0 Å². The molecule has 0 aliphatic rings. The van der Waals surface area contributed by atoms with E-state index in [1.165, 1.54) is 11.8 Å². The Morgan fingerprint density at radius 3 is 1.84 bits per heavy atom. The van der Waals surface area contributed by atoms with Gasteiger partial charge in [-0.05, 0) is 34.2 Å². The Hall–Kier alpha value is -1.47. The number of likely N-dealkylation sites (N-methyl/N-ethyl adjacent to an activating group) is 1. The summed E-state index contributed by atoms with van der Waals surface area (Å²) in [5, 5.41) is 20.5. The summed E-state index contributed by atoms with van der Waals surface area (Å²) < 4.78 is 0. The molecule has 0 fully saturated rings. The van der Waals surface area contributed by atoms with Crippen LogP contribution in [-0.2, 0) is 14.4 Å². The molecule has 0 radical (unpaired) electrons. The fourth-order valence-corrected chi connectivity index (χ4v) is 1.89. The maximum absolute atomic E-state index is 11.4. The molecule has 0 aromatic carbocycles. The lowest BCUT2D eigenvalue weighted by atomic mass is 9.91. The average Bonchev–Trinajstić information content (AvgIpc) is 2.23. The van der Waals surface area contributed by atoms with Gasteiger partial charge in [-0.15, -0.1) is 0 Å². The molecule has 7 heteroatoms. The van der Waals surface area contributed by atoms with Gasteiger partial charge < -0.3 is 15.5 Å². The number of Topliss-reactive ketones (excluding diaryl/α,β-unsaturated/α-hetero) is 1. The van der Waals surface area contributed by atoms with Crippen molar-refractivity contribution in [3.8, 4) is 0 Å². The van der Waals surface area contributed by atoms with Gasteiger partial charge in [0.1, 0.15) is 5.78 Å². The van der Waals surface area contributed by atoms with Crippen molar-refractivity contribution in [1.29, 1.82) is 0 Å². The Morgan fingerprint density at radius 1 is 1.16 bits per heavy atom. The molecule has 0 amide bonds. The van der Waals surface area contributed by atoms with Gasteiger partial charge in [0.05, 0.1) is 19.1 Å². The number of carbonyl (C=O) groups is 3. The molecule has 0 heterocycles. The summed E-state index contributed by atoms with van der Waals surface area (Å²) >= 11 is 0. The van der Waals surface area contributed by atoms with Crippen molar-refractivity contribution in [2.45, 2.75) is 38.8 Å². The number of aliphatic carboxylic acids is 2. The van der Waals surface area contributed by atoms with Crippen LogP contribution >= 0.6 is 0 Å². The van der Waals surface area contributed by atoms with E-state index in [4.69, 9.17) is 10.2 Å². The van der Waals surface area contributed by atoms with E-state index in [2.05, 4.69) is 5.32 Å². The standard InChI is InChI=1S/C12H22N2O5/c1-8(15)9(13-4)5-12(2,3)14(6-10(16)17)7-11(18)19/h9,13H,5-7H2,1-4H3,(H,16,17)(H,18,19). The molecule has 7 nitrogen and oxygen atoms in total. The molecule has 0 rings (SSSR count). The SMILES string of the molecule is CNC(CC(C)(C)N(CC(=O)O)CC(=O)O)C(C)=O.